The fourth-order valence-electron chi connectivity index (χ4n) is 3.13. The molecule has 1 saturated heterocycles. The van der Waals surface area contributed by atoms with Gasteiger partial charge in [0.2, 0.25) is 0 Å². The number of piperidine rings is 1. The molecule has 0 saturated carbocycles. The molecule has 1 aliphatic heterocycles. The molecule has 1 atom stereocenters. The number of aliphatic hydroxyl groups is 1. The lowest BCUT2D eigenvalue weighted by atomic mass is 9.87. The van der Waals surface area contributed by atoms with Crippen molar-refractivity contribution in [1.82, 2.24) is 4.90 Å². The van der Waals surface area contributed by atoms with Gasteiger partial charge in [0.25, 0.3) is 0 Å². The fraction of sp³-hybridized carbons (Fsp3) is 0.647. The van der Waals surface area contributed by atoms with Crippen molar-refractivity contribution in [2.45, 2.75) is 45.8 Å². The zero-order chi connectivity index (χ0) is 15.4. The number of rotatable bonds is 5. The monoisotopic (exact) mass is 313 g/mol. The van der Waals surface area contributed by atoms with Crippen LogP contribution in [0.2, 0.25) is 5.02 Å². The highest BCUT2D eigenvalue weighted by atomic mass is 35.5. The van der Waals surface area contributed by atoms with Crippen LogP contribution < -0.4 is 0 Å². The van der Waals surface area contributed by atoms with Gasteiger partial charge < -0.3 is 5.11 Å². The van der Waals surface area contributed by atoms with E-state index >= 15 is 0 Å². The number of halogens is 2. The molecule has 1 aromatic carbocycles. The van der Waals surface area contributed by atoms with E-state index < -0.39 is 0 Å². The van der Waals surface area contributed by atoms with Crippen molar-refractivity contribution in [3.63, 3.8) is 0 Å². The van der Waals surface area contributed by atoms with Gasteiger partial charge in [0.05, 0.1) is 6.10 Å². The van der Waals surface area contributed by atoms with Gasteiger partial charge in [0, 0.05) is 11.6 Å². The first-order valence-electron chi connectivity index (χ1n) is 7.79. The van der Waals surface area contributed by atoms with Crippen LogP contribution in [0.25, 0.3) is 0 Å². The molecule has 1 aliphatic rings. The highest BCUT2D eigenvalue weighted by molar-refractivity contribution is 6.30. The van der Waals surface area contributed by atoms with E-state index in [2.05, 4.69) is 18.7 Å². The van der Waals surface area contributed by atoms with Crippen LogP contribution in [0, 0.1) is 17.7 Å². The first-order chi connectivity index (χ1) is 9.94. The molecule has 0 amide bonds. The van der Waals surface area contributed by atoms with E-state index in [0.29, 0.717) is 16.9 Å². The first-order valence-corrected chi connectivity index (χ1v) is 8.17. The van der Waals surface area contributed by atoms with Crippen molar-refractivity contribution in [2.24, 2.45) is 11.8 Å². The summed E-state index contributed by atoms with van der Waals surface area (Å²) in [5, 5.41) is 10.7. The molecule has 0 spiro atoms. The molecule has 2 nitrogen and oxygen atoms in total. The van der Waals surface area contributed by atoms with Crippen molar-refractivity contribution in [3.05, 3.63) is 34.6 Å². The molecule has 0 radical (unpaired) electrons. The van der Waals surface area contributed by atoms with Gasteiger partial charge in [0.15, 0.2) is 0 Å². The van der Waals surface area contributed by atoms with Crippen molar-refractivity contribution >= 4 is 11.6 Å². The molecule has 1 fully saturated rings. The Kier molecular flexibility index (Phi) is 6.03. The van der Waals surface area contributed by atoms with Gasteiger partial charge in [-0.05, 0) is 68.0 Å². The van der Waals surface area contributed by atoms with Gasteiger partial charge in [0.1, 0.15) is 5.82 Å². The van der Waals surface area contributed by atoms with Crippen molar-refractivity contribution in [2.75, 3.05) is 13.1 Å². The van der Waals surface area contributed by atoms with E-state index in [-0.39, 0.29) is 11.9 Å². The molecule has 0 aromatic heterocycles. The Morgan fingerprint density at radius 1 is 1.29 bits per heavy atom. The Hall–Kier alpha value is -0.640. The predicted octanol–water partition coefficient (Wildman–Crippen LogP) is 4.10. The van der Waals surface area contributed by atoms with E-state index in [1.165, 1.54) is 6.07 Å². The van der Waals surface area contributed by atoms with Crippen molar-refractivity contribution < 1.29 is 9.50 Å². The van der Waals surface area contributed by atoms with E-state index in [1.807, 2.05) is 6.07 Å². The minimum atomic E-state index is -0.278. The molecule has 0 aliphatic carbocycles. The molecule has 1 N–H and O–H groups in total. The lowest BCUT2D eigenvalue weighted by Crippen LogP contribution is -2.37. The summed E-state index contributed by atoms with van der Waals surface area (Å²) in [4.78, 5) is 2.31. The number of hydrogen-bond donors (Lipinski definition) is 1. The standard InChI is InChI=1S/C17H25ClFNO/c1-12(2)7-17(21)14-3-5-20(6-4-14)11-13-8-15(18)10-16(19)9-13/h8-10,12,14,17,21H,3-7,11H2,1-2H3/t17-/m1/s1. The van der Waals surface area contributed by atoms with Crippen LogP contribution in [0.4, 0.5) is 4.39 Å². The zero-order valence-corrected chi connectivity index (χ0v) is 13.6. The minimum absolute atomic E-state index is 0.184. The summed E-state index contributed by atoms with van der Waals surface area (Å²) in [6.45, 7) is 6.92. The summed E-state index contributed by atoms with van der Waals surface area (Å²) in [6.07, 6.45) is 2.72. The number of benzene rings is 1. The Labute approximate surface area is 131 Å². The first kappa shape index (κ1) is 16.7. The average molecular weight is 314 g/mol. The average Bonchev–Trinajstić information content (AvgIpc) is 2.37. The minimum Gasteiger partial charge on any atom is -0.393 e. The van der Waals surface area contributed by atoms with Crippen LogP contribution >= 0.6 is 11.6 Å². The van der Waals surface area contributed by atoms with Gasteiger partial charge in [-0.15, -0.1) is 0 Å². The topological polar surface area (TPSA) is 23.5 Å². The van der Waals surface area contributed by atoms with Gasteiger partial charge in [-0.25, -0.2) is 4.39 Å². The van der Waals surface area contributed by atoms with E-state index in [0.717, 1.165) is 44.5 Å². The normalized spacial score (nSPS) is 19.1. The molecular weight excluding hydrogens is 289 g/mol. The summed E-state index contributed by atoms with van der Waals surface area (Å²) in [5.41, 5.74) is 0.918. The van der Waals surface area contributed by atoms with E-state index in [4.69, 9.17) is 11.6 Å². The lowest BCUT2D eigenvalue weighted by Gasteiger charge is -2.34. The van der Waals surface area contributed by atoms with E-state index in [9.17, 15) is 9.50 Å². The van der Waals surface area contributed by atoms with Crippen LogP contribution in [-0.4, -0.2) is 29.2 Å². The van der Waals surface area contributed by atoms with E-state index in [1.54, 1.807) is 6.07 Å². The number of likely N-dealkylation sites (tertiary alicyclic amines) is 1. The van der Waals surface area contributed by atoms with Crippen molar-refractivity contribution in [1.29, 1.82) is 0 Å². The SMILES string of the molecule is CC(C)C[C@@H](O)C1CCN(Cc2cc(F)cc(Cl)c2)CC1. The fourth-order valence-corrected chi connectivity index (χ4v) is 3.38. The lowest BCUT2D eigenvalue weighted by molar-refractivity contribution is 0.0436. The van der Waals surface area contributed by atoms with Crippen LogP contribution in [-0.2, 0) is 6.54 Å². The van der Waals surface area contributed by atoms with Crippen LogP contribution in [0.5, 0.6) is 0 Å². The molecule has 1 heterocycles. The van der Waals surface area contributed by atoms with Crippen LogP contribution in [0.3, 0.4) is 0 Å². The maximum absolute atomic E-state index is 13.3. The third-order valence-electron chi connectivity index (χ3n) is 4.22. The van der Waals surface area contributed by atoms with Gasteiger partial charge in [-0.2, -0.15) is 0 Å². The second-order valence-electron chi connectivity index (χ2n) is 6.59. The zero-order valence-electron chi connectivity index (χ0n) is 12.9. The third kappa shape index (κ3) is 5.24. The maximum atomic E-state index is 13.3. The summed E-state index contributed by atoms with van der Waals surface area (Å²) in [5.74, 6) is 0.659. The van der Waals surface area contributed by atoms with Crippen LogP contribution in [0.15, 0.2) is 18.2 Å². The summed E-state index contributed by atoms with van der Waals surface area (Å²) in [6, 6.07) is 4.70. The second-order valence-corrected chi connectivity index (χ2v) is 7.02. The summed E-state index contributed by atoms with van der Waals surface area (Å²) < 4.78 is 13.3. The largest absolute Gasteiger partial charge is 0.393 e. The van der Waals surface area contributed by atoms with Crippen molar-refractivity contribution in [3.8, 4) is 0 Å². The quantitative estimate of drug-likeness (QED) is 0.884. The smallest absolute Gasteiger partial charge is 0.125 e. The highest BCUT2D eigenvalue weighted by Crippen LogP contribution is 2.26. The Bertz CT molecular complexity index is 438. The molecule has 118 valence electrons. The third-order valence-corrected chi connectivity index (χ3v) is 4.44. The molecule has 0 bridgehead atoms. The maximum Gasteiger partial charge on any atom is 0.125 e. The van der Waals surface area contributed by atoms with Gasteiger partial charge in [-0.1, -0.05) is 25.4 Å². The predicted molar refractivity (Wildman–Crippen MR) is 84.9 cm³/mol. The Morgan fingerprint density at radius 2 is 1.95 bits per heavy atom. The molecule has 4 heteroatoms. The number of hydrogen-bond acceptors (Lipinski definition) is 2. The van der Waals surface area contributed by atoms with Gasteiger partial charge in [-0.3, -0.25) is 4.90 Å². The molecule has 21 heavy (non-hydrogen) atoms. The Morgan fingerprint density at radius 3 is 2.52 bits per heavy atom. The molecule has 0 unspecified atom stereocenters. The summed E-state index contributed by atoms with van der Waals surface area (Å²) >= 11 is 5.89. The molecule has 1 aromatic rings. The molecule has 2 rings (SSSR count). The second kappa shape index (κ2) is 7.57. The highest BCUT2D eigenvalue weighted by Gasteiger charge is 2.25. The number of aliphatic hydroxyl groups excluding tert-OH is 1. The van der Waals surface area contributed by atoms with Crippen LogP contribution in [0.1, 0.15) is 38.7 Å². The van der Waals surface area contributed by atoms with Gasteiger partial charge >= 0.3 is 0 Å². The molecular formula is C17H25ClFNO. The Balaban J connectivity index is 1.84. The number of nitrogens with zero attached hydrogens (tertiary/aromatic N) is 1. The summed E-state index contributed by atoms with van der Waals surface area (Å²) in [7, 11) is 0.